The van der Waals surface area contributed by atoms with Crippen molar-refractivity contribution in [1.29, 1.82) is 0 Å². The summed E-state index contributed by atoms with van der Waals surface area (Å²) in [6, 6.07) is 44.3. The molecular formula is C30H25O4SSb. The number of hydrogen-bond acceptors (Lipinski definition) is 4. The van der Waals surface area contributed by atoms with Crippen molar-refractivity contribution in [2.75, 3.05) is 0 Å². The van der Waals surface area contributed by atoms with Gasteiger partial charge in [0.25, 0.3) is 0 Å². The van der Waals surface area contributed by atoms with Gasteiger partial charge in [-0.2, -0.15) is 0 Å². The van der Waals surface area contributed by atoms with Crippen LogP contribution in [0, 0.1) is 0 Å². The van der Waals surface area contributed by atoms with E-state index in [1.54, 1.807) is 0 Å². The zero-order chi connectivity index (χ0) is 25.1. The first-order chi connectivity index (χ1) is 17.5. The van der Waals surface area contributed by atoms with E-state index in [0.29, 0.717) is 0 Å². The van der Waals surface area contributed by atoms with Gasteiger partial charge < -0.3 is 0 Å². The van der Waals surface area contributed by atoms with Gasteiger partial charge in [0.1, 0.15) is 0 Å². The quantitative estimate of drug-likeness (QED) is 0.289. The number of phenols is 1. The topological polar surface area (TPSA) is 63.6 Å². The molecule has 5 aromatic carbocycles. The third-order valence-electron chi connectivity index (χ3n) is 6.37. The molecule has 36 heavy (non-hydrogen) atoms. The van der Waals surface area contributed by atoms with Gasteiger partial charge in [0.05, 0.1) is 0 Å². The van der Waals surface area contributed by atoms with Crippen LogP contribution in [0.25, 0.3) is 0 Å². The van der Waals surface area contributed by atoms with E-state index in [0.717, 1.165) is 14.0 Å². The maximum atomic E-state index is 14.2. The van der Waals surface area contributed by atoms with Crippen LogP contribution in [-0.2, 0) is 12.6 Å². The van der Waals surface area contributed by atoms with Gasteiger partial charge in [-0.05, 0) is 0 Å². The number of benzene rings is 5. The fourth-order valence-electron chi connectivity index (χ4n) is 4.77. The molecule has 5 aromatic rings. The first kappa shape index (κ1) is 24.3. The van der Waals surface area contributed by atoms with Crippen molar-refractivity contribution in [2.24, 2.45) is 0 Å². The van der Waals surface area contributed by atoms with E-state index >= 15 is 0 Å². The Morgan fingerprint density at radius 3 is 1.08 bits per heavy atom. The average molecular weight is 603 g/mol. The van der Waals surface area contributed by atoms with Crippen LogP contribution in [0.5, 0.6) is 5.75 Å². The van der Waals surface area contributed by atoms with Gasteiger partial charge in [0.2, 0.25) is 0 Å². The van der Waals surface area contributed by atoms with Crippen molar-refractivity contribution in [3.8, 4) is 5.75 Å². The molecule has 0 aliphatic rings. The van der Waals surface area contributed by atoms with Gasteiger partial charge in [-0.15, -0.1) is 0 Å². The normalized spacial score (nSPS) is 12.9. The number of rotatable bonds is 7. The van der Waals surface area contributed by atoms with E-state index in [1.165, 1.54) is 24.3 Å². The molecule has 0 fully saturated rings. The molecule has 0 radical (unpaired) electrons. The van der Waals surface area contributed by atoms with Crippen molar-refractivity contribution < 1.29 is 16.0 Å². The molecule has 1 N–H and O–H groups in total. The molecule has 0 spiro atoms. The van der Waals surface area contributed by atoms with E-state index in [2.05, 4.69) is 0 Å². The molecule has 0 unspecified atom stereocenters. The summed E-state index contributed by atoms with van der Waals surface area (Å²) < 4.78 is 38.6. The van der Waals surface area contributed by atoms with Gasteiger partial charge in [-0.3, -0.25) is 0 Å². The number of hydrogen-bond donors (Lipinski definition) is 1. The Hall–Kier alpha value is -3.37. The molecule has 0 heterocycles. The second kappa shape index (κ2) is 9.59. The van der Waals surface area contributed by atoms with Crippen LogP contribution in [0.4, 0.5) is 0 Å². The van der Waals surface area contributed by atoms with Gasteiger partial charge in [0.15, 0.2) is 0 Å². The van der Waals surface area contributed by atoms with E-state index in [1.807, 2.05) is 121 Å². The first-order valence-corrected chi connectivity index (χ1v) is 19.0. The molecule has 0 saturated heterocycles. The molecule has 0 bridgehead atoms. The number of aromatic hydroxyl groups is 1. The Labute approximate surface area is 213 Å². The molecular weight excluding hydrogens is 578 g/mol. The van der Waals surface area contributed by atoms with Crippen LogP contribution in [0.2, 0.25) is 0 Å². The maximum absolute atomic E-state index is 14.2. The van der Waals surface area contributed by atoms with Gasteiger partial charge in [-0.1, -0.05) is 0 Å². The second-order valence-electron chi connectivity index (χ2n) is 8.40. The molecule has 4 nitrogen and oxygen atoms in total. The fraction of sp³-hybridized carbons (Fsp3) is 0. The standard InChI is InChI=1S/C6H6O4S.4C6H5.Sb/c7-5-1-3-6(4-2-5)11(8,9)10;4*1-2-4-6-5-3-1;/h1-4,7H,(H,8,9,10);4*1-5H;/q;;;;;+1/p-1. The van der Waals surface area contributed by atoms with Gasteiger partial charge in [-0.25, -0.2) is 0 Å². The Morgan fingerprint density at radius 1 is 0.472 bits per heavy atom. The van der Waals surface area contributed by atoms with E-state index in [9.17, 15) is 13.5 Å². The second-order valence-corrected chi connectivity index (χ2v) is 23.0. The molecule has 0 amide bonds. The molecule has 5 rings (SSSR count). The average Bonchev–Trinajstić information content (AvgIpc) is 2.94. The van der Waals surface area contributed by atoms with Crippen LogP contribution < -0.4 is 14.0 Å². The minimum atomic E-state index is -5.58. The molecule has 0 aliphatic heterocycles. The summed E-state index contributed by atoms with van der Waals surface area (Å²) in [4.78, 5) is -0.0165. The summed E-state index contributed by atoms with van der Waals surface area (Å²) in [5, 5.41) is 9.79. The predicted octanol–water partition coefficient (Wildman–Crippen LogP) is 3.63. The van der Waals surface area contributed by atoms with Crippen molar-refractivity contribution in [2.45, 2.75) is 4.90 Å². The van der Waals surface area contributed by atoms with Crippen molar-refractivity contribution in [3.05, 3.63) is 146 Å². The predicted molar refractivity (Wildman–Crippen MR) is 146 cm³/mol. The molecule has 0 aliphatic carbocycles. The monoisotopic (exact) mass is 602 g/mol. The summed E-state index contributed by atoms with van der Waals surface area (Å²) in [6.07, 6.45) is 0. The Kier molecular flexibility index (Phi) is 6.48. The zero-order valence-electron chi connectivity index (χ0n) is 19.4. The Balaban J connectivity index is 2.01. The van der Waals surface area contributed by atoms with Crippen molar-refractivity contribution >= 4 is 42.0 Å². The molecule has 6 heteroatoms. The summed E-state index contributed by atoms with van der Waals surface area (Å²) in [5.74, 6) is -0.0186. The third-order valence-corrected chi connectivity index (χ3v) is 26.6. The Morgan fingerprint density at radius 2 is 0.778 bits per heavy atom. The SMILES string of the molecule is O=S(=O)([O][Sb]([c]1ccccc1)([c]1ccccc1)([c]1ccccc1)[c]1ccccc1)c1ccc(O)cc1. The van der Waals surface area contributed by atoms with Gasteiger partial charge >= 0.3 is 214 Å². The Bertz CT molecular complexity index is 1390. The van der Waals surface area contributed by atoms with Crippen molar-refractivity contribution in [1.82, 2.24) is 0 Å². The van der Waals surface area contributed by atoms with E-state index < -0.39 is 27.9 Å². The van der Waals surface area contributed by atoms with Crippen LogP contribution in [0.15, 0.2) is 150 Å². The van der Waals surface area contributed by atoms with E-state index in [4.69, 9.17) is 2.46 Å². The zero-order valence-corrected chi connectivity index (χ0v) is 22.8. The van der Waals surface area contributed by atoms with E-state index in [-0.39, 0.29) is 10.6 Å². The summed E-state index contributed by atoms with van der Waals surface area (Å²) in [5.41, 5.74) is 0. The van der Waals surface area contributed by atoms with Gasteiger partial charge in [0, 0.05) is 0 Å². The molecule has 0 atom stereocenters. The molecule has 0 aromatic heterocycles. The van der Waals surface area contributed by atoms with Crippen LogP contribution >= 0.6 is 0 Å². The number of phenolic OH excluding ortho intramolecular Hbond substituents is 1. The van der Waals surface area contributed by atoms with Crippen LogP contribution in [0.1, 0.15) is 0 Å². The van der Waals surface area contributed by atoms with Crippen LogP contribution in [0.3, 0.4) is 0 Å². The summed E-state index contributed by atoms with van der Waals surface area (Å²) >= 11 is -5.58. The first-order valence-electron chi connectivity index (χ1n) is 11.5. The summed E-state index contributed by atoms with van der Waals surface area (Å²) in [6.45, 7) is 0. The fourth-order valence-corrected chi connectivity index (χ4v) is 26.7. The summed E-state index contributed by atoms with van der Waals surface area (Å²) in [7, 11) is -4.31. The van der Waals surface area contributed by atoms with Crippen molar-refractivity contribution in [3.63, 3.8) is 0 Å². The minimum absolute atomic E-state index is 0.0165. The third kappa shape index (κ3) is 3.84. The molecule has 180 valence electrons. The van der Waals surface area contributed by atoms with Crippen LogP contribution in [-0.4, -0.2) is 31.3 Å². The molecule has 0 saturated carbocycles.